The molecule has 4 aromatic rings. The molecule has 3 nitrogen and oxygen atoms in total. The van der Waals surface area contributed by atoms with E-state index in [1.807, 2.05) is 6.07 Å². The number of nitrogens with one attached hydrogen (secondary N) is 1. The molecule has 0 aromatic heterocycles. The molecule has 2 atom stereocenters. The van der Waals surface area contributed by atoms with Crippen LogP contribution in [0.25, 0.3) is 21.9 Å². The third kappa shape index (κ3) is 4.67. The second-order valence-electron chi connectivity index (χ2n) is 9.42. The predicted octanol–water partition coefficient (Wildman–Crippen LogP) is 7.53. The smallest absolute Gasteiger partial charge is 0.119 e. The molecule has 4 aromatic carbocycles. The van der Waals surface area contributed by atoms with E-state index in [0.29, 0.717) is 0 Å². The van der Waals surface area contributed by atoms with Crippen LogP contribution in [-0.4, -0.2) is 20.2 Å². The summed E-state index contributed by atoms with van der Waals surface area (Å²) in [5.74, 6) is 0.893. The number of fused-ring (bicyclic) bond motifs is 1. The first-order valence-electron chi connectivity index (χ1n) is 12.4. The highest BCUT2D eigenvalue weighted by molar-refractivity contribution is 5.97. The molecule has 174 valence electrons. The minimum atomic E-state index is 0.202. The van der Waals surface area contributed by atoms with Crippen molar-refractivity contribution < 1.29 is 4.74 Å². The van der Waals surface area contributed by atoms with Gasteiger partial charge in [0, 0.05) is 30.9 Å². The maximum absolute atomic E-state index is 5.42. The van der Waals surface area contributed by atoms with Gasteiger partial charge >= 0.3 is 0 Å². The fourth-order valence-corrected chi connectivity index (χ4v) is 5.13. The second-order valence-corrected chi connectivity index (χ2v) is 9.42. The zero-order valence-corrected chi connectivity index (χ0v) is 20.4. The molecule has 1 fully saturated rings. The van der Waals surface area contributed by atoms with Crippen molar-refractivity contribution in [3.8, 4) is 16.9 Å². The summed E-state index contributed by atoms with van der Waals surface area (Å²) in [5.41, 5.74) is 6.43. The van der Waals surface area contributed by atoms with Crippen molar-refractivity contribution >= 4 is 16.5 Å². The molecule has 3 heteroatoms. The van der Waals surface area contributed by atoms with Gasteiger partial charge in [-0.15, -0.1) is 0 Å². The van der Waals surface area contributed by atoms with Crippen molar-refractivity contribution in [3.63, 3.8) is 0 Å². The van der Waals surface area contributed by atoms with E-state index < -0.39 is 0 Å². The number of anilines is 1. The summed E-state index contributed by atoms with van der Waals surface area (Å²) in [4.78, 5) is 2.49. The molecule has 1 aliphatic rings. The number of rotatable bonds is 7. The summed E-state index contributed by atoms with van der Waals surface area (Å²) < 4.78 is 5.42. The van der Waals surface area contributed by atoms with Crippen LogP contribution in [0.2, 0.25) is 0 Å². The van der Waals surface area contributed by atoms with Crippen molar-refractivity contribution in [3.05, 3.63) is 96.1 Å². The van der Waals surface area contributed by atoms with Crippen LogP contribution in [0.1, 0.15) is 49.9 Å². The molecule has 0 bridgehead atoms. The van der Waals surface area contributed by atoms with E-state index in [1.54, 1.807) is 7.11 Å². The quantitative estimate of drug-likeness (QED) is 0.315. The average molecular weight is 451 g/mol. The molecule has 1 N–H and O–H groups in total. The molecule has 34 heavy (non-hydrogen) atoms. The number of methoxy groups -OCH3 is 1. The SMILES string of the molecule is COc1cccc([C@@H](C)NC(C)c2cc(-c3ccc(N4CCCC4)cc3)c3ccccc3c2)c1. The molecule has 0 saturated carbocycles. The van der Waals surface area contributed by atoms with E-state index in [4.69, 9.17) is 4.74 Å². The lowest BCUT2D eigenvalue weighted by atomic mass is 9.93. The highest BCUT2D eigenvalue weighted by Crippen LogP contribution is 2.34. The minimum Gasteiger partial charge on any atom is -0.497 e. The van der Waals surface area contributed by atoms with Crippen molar-refractivity contribution in [2.75, 3.05) is 25.1 Å². The Labute approximate surface area is 203 Å². The Morgan fingerprint density at radius 2 is 1.50 bits per heavy atom. The van der Waals surface area contributed by atoms with Gasteiger partial charge < -0.3 is 15.0 Å². The fraction of sp³-hybridized carbons (Fsp3) is 0.290. The Morgan fingerprint density at radius 3 is 2.26 bits per heavy atom. The molecular weight excluding hydrogens is 416 g/mol. The van der Waals surface area contributed by atoms with E-state index in [-0.39, 0.29) is 12.1 Å². The Bertz CT molecular complexity index is 1260. The predicted molar refractivity (Wildman–Crippen MR) is 144 cm³/mol. The Hall–Kier alpha value is -3.30. The van der Waals surface area contributed by atoms with Crippen LogP contribution < -0.4 is 15.0 Å². The standard InChI is InChI=1S/C31H34N2O/c1-22(25-10-8-11-29(20-25)34-3)32-23(2)27-19-26-9-4-5-12-30(26)31(21-27)24-13-15-28(16-14-24)33-17-6-7-18-33/h4-5,8-16,19-23,32H,6-7,17-18H2,1-3H3/t22-,23?/m1/s1. The largest absolute Gasteiger partial charge is 0.497 e. The summed E-state index contributed by atoms with van der Waals surface area (Å²) in [6, 6.07) is 31.3. The second kappa shape index (κ2) is 9.90. The molecule has 0 radical (unpaired) electrons. The summed E-state index contributed by atoms with van der Waals surface area (Å²) in [7, 11) is 1.72. The van der Waals surface area contributed by atoms with Crippen LogP contribution in [-0.2, 0) is 0 Å². The summed E-state index contributed by atoms with van der Waals surface area (Å²) >= 11 is 0. The number of hydrogen-bond donors (Lipinski definition) is 1. The Kier molecular flexibility index (Phi) is 6.55. The Morgan fingerprint density at radius 1 is 0.765 bits per heavy atom. The maximum Gasteiger partial charge on any atom is 0.119 e. The van der Waals surface area contributed by atoms with E-state index in [1.165, 1.54) is 64.6 Å². The Balaban J connectivity index is 1.45. The van der Waals surface area contributed by atoms with Gasteiger partial charge in [-0.2, -0.15) is 0 Å². The van der Waals surface area contributed by atoms with Crippen LogP contribution >= 0.6 is 0 Å². The summed E-state index contributed by atoms with van der Waals surface area (Å²) in [6.07, 6.45) is 2.60. The maximum atomic E-state index is 5.42. The molecule has 0 amide bonds. The van der Waals surface area contributed by atoms with Crippen molar-refractivity contribution in [2.24, 2.45) is 0 Å². The third-order valence-corrected chi connectivity index (χ3v) is 7.13. The number of benzene rings is 4. The van der Waals surface area contributed by atoms with E-state index in [0.717, 1.165) is 5.75 Å². The van der Waals surface area contributed by atoms with Gasteiger partial charge in [-0.3, -0.25) is 0 Å². The van der Waals surface area contributed by atoms with Crippen LogP contribution in [0, 0.1) is 0 Å². The monoisotopic (exact) mass is 450 g/mol. The number of hydrogen-bond acceptors (Lipinski definition) is 3. The molecule has 1 unspecified atom stereocenters. The highest BCUT2D eigenvalue weighted by Gasteiger charge is 2.16. The zero-order valence-electron chi connectivity index (χ0n) is 20.4. The van der Waals surface area contributed by atoms with Crippen LogP contribution in [0.5, 0.6) is 5.75 Å². The zero-order chi connectivity index (χ0) is 23.5. The minimum absolute atomic E-state index is 0.202. The van der Waals surface area contributed by atoms with Crippen molar-refractivity contribution in [1.29, 1.82) is 0 Å². The van der Waals surface area contributed by atoms with Gasteiger partial charge in [0.2, 0.25) is 0 Å². The fourth-order valence-electron chi connectivity index (χ4n) is 5.13. The molecule has 0 spiro atoms. The molecular formula is C31H34N2O. The molecule has 1 heterocycles. The van der Waals surface area contributed by atoms with E-state index in [9.17, 15) is 0 Å². The van der Waals surface area contributed by atoms with Crippen molar-refractivity contribution in [1.82, 2.24) is 5.32 Å². The molecule has 1 aliphatic heterocycles. The highest BCUT2D eigenvalue weighted by atomic mass is 16.5. The lowest BCUT2D eigenvalue weighted by molar-refractivity contribution is 0.412. The van der Waals surface area contributed by atoms with E-state index >= 15 is 0 Å². The lowest BCUT2D eigenvalue weighted by Crippen LogP contribution is -2.22. The molecule has 5 rings (SSSR count). The first kappa shape index (κ1) is 22.5. The number of ether oxygens (including phenoxy) is 1. The molecule has 0 aliphatic carbocycles. The van der Waals surface area contributed by atoms with Crippen LogP contribution in [0.3, 0.4) is 0 Å². The van der Waals surface area contributed by atoms with Gasteiger partial charge in [-0.05, 0) is 96.1 Å². The van der Waals surface area contributed by atoms with Gasteiger partial charge in [-0.25, -0.2) is 0 Å². The van der Waals surface area contributed by atoms with Gasteiger partial charge in [0.05, 0.1) is 7.11 Å². The van der Waals surface area contributed by atoms with Gasteiger partial charge in [0.15, 0.2) is 0 Å². The van der Waals surface area contributed by atoms with Crippen LogP contribution in [0.15, 0.2) is 84.9 Å². The topological polar surface area (TPSA) is 24.5 Å². The summed E-state index contributed by atoms with van der Waals surface area (Å²) in [5, 5.41) is 6.37. The lowest BCUT2D eigenvalue weighted by Gasteiger charge is -2.23. The average Bonchev–Trinajstić information content (AvgIpc) is 3.43. The van der Waals surface area contributed by atoms with Crippen LogP contribution in [0.4, 0.5) is 5.69 Å². The first-order chi connectivity index (χ1) is 16.6. The normalized spacial score (nSPS) is 15.4. The van der Waals surface area contributed by atoms with Gasteiger partial charge in [-0.1, -0.05) is 48.5 Å². The summed E-state index contributed by atoms with van der Waals surface area (Å²) in [6.45, 7) is 6.81. The van der Waals surface area contributed by atoms with Gasteiger partial charge in [0.1, 0.15) is 5.75 Å². The molecule has 1 saturated heterocycles. The van der Waals surface area contributed by atoms with Gasteiger partial charge in [0.25, 0.3) is 0 Å². The van der Waals surface area contributed by atoms with E-state index in [2.05, 4.69) is 103 Å². The number of nitrogens with zero attached hydrogens (tertiary/aromatic N) is 1. The first-order valence-corrected chi connectivity index (χ1v) is 12.4. The van der Waals surface area contributed by atoms with Crippen molar-refractivity contribution in [2.45, 2.75) is 38.8 Å². The third-order valence-electron chi connectivity index (χ3n) is 7.13.